The summed E-state index contributed by atoms with van der Waals surface area (Å²) in [5, 5.41) is 0. The van der Waals surface area contributed by atoms with Crippen molar-refractivity contribution in [3.8, 4) is 0 Å². The van der Waals surface area contributed by atoms with Crippen molar-refractivity contribution in [1.29, 1.82) is 0 Å². The van der Waals surface area contributed by atoms with E-state index in [0.29, 0.717) is 0 Å². The zero-order valence-electron chi connectivity index (χ0n) is 7.70. The van der Waals surface area contributed by atoms with Crippen molar-refractivity contribution in [3.05, 3.63) is 47.3 Å². The fraction of sp³-hybridized carbons (Fsp3) is 0.182. The van der Waals surface area contributed by atoms with Crippen molar-refractivity contribution < 1.29 is 9.47 Å². The average Bonchev–Trinajstić information content (AvgIpc) is 2.55. The smallest absolute Gasteiger partial charge is 0.190 e. The first kappa shape index (κ1) is 8.32. The highest BCUT2D eigenvalue weighted by Gasteiger charge is 2.26. The molecular formula is C11H11O2. The predicted molar refractivity (Wildman–Crippen MR) is 50.8 cm³/mol. The number of hydrogen-bond donors (Lipinski definition) is 0. The normalized spacial score (nSPS) is 15.4. The van der Waals surface area contributed by atoms with Crippen LogP contribution in [0.25, 0.3) is 6.08 Å². The Balaban J connectivity index is 2.44. The van der Waals surface area contributed by atoms with Crippen molar-refractivity contribution >= 4 is 6.08 Å². The first-order valence-corrected chi connectivity index (χ1v) is 4.13. The van der Waals surface area contributed by atoms with Crippen LogP contribution in [-0.4, -0.2) is 14.2 Å². The molecule has 0 unspecified atom stereocenters. The first-order chi connectivity index (χ1) is 6.36. The molecule has 2 heteroatoms. The maximum atomic E-state index is 5.26. The minimum absolute atomic E-state index is 0.795. The molecule has 67 valence electrons. The van der Waals surface area contributed by atoms with Gasteiger partial charge in [-0.1, -0.05) is 24.3 Å². The minimum Gasteiger partial charge on any atom is -0.497 e. The van der Waals surface area contributed by atoms with E-state index in [-0.39, 0.29) is 0 Å². The van der Waals surface area contributed by atoms with Gasteiger partial charge >= 0.3 is 0 Å². The summed E-state index contributed by atoms with van der Waals surface area (Å²) in [6, 6.07) is 8.06. The maximum Gasteiger partial charge on any atom is 0.190 e. The van der Waals surface area contributed by atoms with Gasteiger partial charge in [0.1, 0.15) is 5.76 Å². The van der Waals surface area contributed by atoms with Gasteiger partial charge in [-0.05, 0) is 11.6 Å². The van der Waals surface area contributed by atoms with E-state index in [0.717, 1.165) is 23.0 Å². The van der Waals surface area contributed by atoms with E-state index in [1.54, 1.807) is 14.2 Å². The monoisotopic (exact) mass is 175 g/mol. The second kappa shape index (κ2) is 3.23. The third kappa shape index (κ3) is 1.23. The summed E-state index contributed by atoms with van der Waals surface area (Å²) in [5.41, 5.74) is 2.25. The van der Waals surface area contributed by atoms with Gasteiger partial charge in [-0.2, -0.15) is 0 Å². The largest absolute Gasteiger partial charge is 0.497 e. The number of benzene rings is 1. The maximum absolute atomic E-state index is 5.26. The van der Waals surface area contributed by atoms with Gasteiger partial charge < -0.3 is 9.47 Å². The molecule has 2 nitrogen and oxygen atoms in total. The molecule has 0 N–H and O–H groups in total. The molecule has 1 aliphatic carbocycles. The fourth-order valence-electron chi connectivity index (χ4n) is 1.53. The molecule has 1 aliphatic rings. The molecule has 0 spiro atoms. The average molecular weight is 175 g/mol. The van der Waals surface area contributed by atoms with Crippen molar-refractivity contribution in [2.75, 3.05) is 14.2 Å². The van der Waals surface area contributed by atoms with E-state index in [2.05, 4.69) is 0 Å². The Kier molecular flexibility index (Phi) is 2.07. The van der Waals surface area contributed by atoms with Gasteiger partial charge in [-0.15, -0.1) is 0 Å². The van der Waals surface area contributed by atoms with Crippen LogP contribution in [0.2, 0.25) is 0 Å². The van der Waals surface area contributed by atoms with Gasteiger partial charge in [0.05, 0.1) is 7.11 Å². The van der Waals surface area contributed by atoms with E-state index >= 15 is 0 Å². The zero-order valence-corrected chi connectivity index (χ0v) is 7.70. The SMILES string of the molecule is CO[C]1C(OC)=Cc2ccccc21. The molecule has 1 aromatic carbocycles. The third-order valence-electron chi connectivity index (χ3n) is 2.14. The highest BCUT2D eigenvalue weighted by molar-refractivity contribution is 5.69. The molecule has 0 heterocycles. The van der Waals surface area contributed by atoms with Gasteiger partial charge in [-0.3, -0.25) is 0 Å². The second-order valence-corrected chi connectivity index (χ2v) is 2.83. The van der Waals surface area contributed by atoms with Gasteiger partial charge in [0.15, 0.2) is 6.10 Å². The summed E-state index contributed by atoms with van der Waals surface area (Å²) in [7, 11) is 3.31. The second-order valence-electron chi connectivity index (χ2n) is 2.83. The molecule has 0 bridgehead atoms. The van der Waals surface area contributed by atoms with E-state index < -0.39 is 0 Å². The molecule has 0 aliphatic heterocycles. The molecule has 13 heavy (non-hydrogen) atoms. The van der Waals surface area contributed by atoms with Crippen molar-refractivity contribution in [2.45, 2.75) is 0 Å². The summed E-state index contributed by atoms with van der Waals surface area (Å²) < 4.78 is 10.5. The number of ether oxygens (including phenoxy) is 2. The molecule has 0 fully saturated rings. The topological polar surface area (TPSA) is 18.5 Å². The summed E-state index contributed by atoms with van der Waals surface area (Å²) in [5.74, 6) is 0.795. The fourth-order valence-corrected chi connectivity index (χ4v) is 1.53. The van der Waals surface area contributed by atoms with Gasteiger partial charge in [0.25, 0.3) is 0 Å². The lowest BCUT2D eigenvalue weighted by molar-refractivity contribution is 0.182. The summed E-state index contributed by atoms with van der Waals surface area (Å²) in [6.07, 6.45) is 2.80. The van der Waals surface area contributed by atoms with Gasteiger partial charge in [-0.25, -0.2) is 0 Å². The van der Waals surface area contributed by atoms with Crippen LogP contribution in [0, 0.1) is 6.10 Å². The van der Waals surface area contributed by atoms with Crippen LogP contribution < -0.4 is 0 Å². The Hall–Kier alpha value is -1.28. The van der Waals surface area contributed by atoms with Crippen molar-refractivity contribution in [1.82, 2.24) is 0 Å². The third-order valence-corrected chi connectivity index (χ3v) is 2.14. The van der Waals surface area contributed by atoms with E-state index in [1.807, 2.05) is 30.3 Å². The summed E-state index contributed by atoms with van der Waals surface area (Å²) >= 11 is 0. The minimum atomic E-state index is 0.795. The number of rotatable bonds is 2. The van der Waals surface area contributed by atoms with Crippen LogP contribution in [-0.2, 0) is 9.47 Å². The standard InChI is InChI=1S/C11H11O2/c1-12-10-7-8-5-3-4-6-9(8)11(10)13-2/h3-7H,1-2H3. The predicted octanol–water partition coefficient (Wildman–Crippen LogP) is 2.21. The zero-order chi connectivity index (χ0) is 9.26. The molecular weight excluding hydrogens is 164 g/mol. The van der Waals surface area contributed by atoms with Crippen LogP contribution in [0.15, 0.2) is 30.0 Å². The number of methoxy groups -OCH3 is 2. The Bertz CT molecular complexity index is 342. The molecule has 0 aromatic heterocycles. The van der Waals surface area contributed by atoms with Crippen LogP contribution >= 0.6 is 0 Å². The lowest BCUT2D eigenvalue weighted by Crippen LogP contribution is -2.03. The molecule has 1 aromatic rings. The van der Waals surface area contributed by atoms with Crippen LogP contribution in [0.5, 0.6) is 0 Å². The van der Waals surface area contributed by atoms with E-state index in [9.17, 15) is 0 Å². The quantitative estimate of drug-likeness (QED) is 0.686. The van der Waals surface area contributed by atoms with Gasteiger partial charge in [0, 0.05) is 12.7 Å². The van der Waals surface area contributed by atoms with Crippen molar-refractivity contribution in [3.63, 3.8) is 0 Å². The molecule has 0 saturated heterocycles. The number of hydrogen-bond acceptors (Lipinski definition) is 2. The Morgan fingerprint density at radius 3 is 2.46 bits per heavy atom. The molecule has 0 atom stereocenters. The summed E-state index contributed by atoms with van der Waals surface area (Å²) in [4.78, 5) is 0. The number of fused-ring (bicyclic) bond motifs is 1. The highest BCUT2D eigenvalue weighted by atomic mass is 16.5. The van der Waals surface area contributed by atoms with Crippen LogP contribution in [0.1, 0.15) is 11.1 Å². The van der Waals surface area contributed by atoms with Crippen LogP contribution in [0.3, 0.4) is 0 Å². The van der Waals surface area contributed by atoms with Gasteiger partial charge in [0.2, 0.25) is 0 Å². The van der Waals surface area contributed by atoms with Crippen molar-refractivity contribution in [2.24, 2.45) is 0 Å². The summed E-state index contributed by atoms with van der Waals surface area (Å²) in [6.45, 7) is 0. The molecule has 2 rings (SSSR count). The van der Waals surface area contributed by atoms with Crippen LogP contribution in [0.4, 0.5) is 0 Å². The highest BCUT2D eigenvalue weighted by Crippen LogP contribution is 2.35. The first-order valence-electron chi connectivity index (χ1n) is 4.13. The Morgan fingerprint density at radius 2 is 1.77 bits per heavy atom. The lowest BCUT2D eigenvalue weighted by Gasteiger charge is -2.11. The van der Waals surface area contributed by atoms with E-state index in [4.69, 9.17) is 9.47 Å². The Morgan fingerprint density at radius 1 is 1.00 bits per heavy atom. The molecule has 1 radical (unpaired) electrons. The lowest BCUT2D eigenvalue weighted by atomic mass is 10.1. The Labute approximate surface area is 77.8 Å². The van der Waals surface area contributed by atoms with E-state index in [1.165, 1.54) is 0 Å². The molecule has 0 amide bonds. The molecule has 0 saturated carbocycles.